The van der Waals surface area contributed by atoms with Gasteiger partial charge in [-0.15, -0.1) is 0 Å². The molecule has 191 valence electrons. The van der Waals surface area contributed by atoms with E-state index in [1.807, 2.05) is 0 Å². The third-order valence-corrected chi connectivity index (χ3v) is 7.41. The summed E-state index contributed by atoms with van der Waals surface area (Å²) in [6, 6.07) is 14.6. The van der Waals surface area contributed by atoms with Gasteiger partial charge >= 0.3 is 7.55 Å². The van der Waals surface area contributed by atoms with E-state index in [-0.39, 0.29) is 6.29 Å². The molecule has 1 radical (unpaired) electrons. The Bertz CT molecular complexity index is 863. The van der Waals surface area contributed by atoms with Crippen LogP contribution in [0.2, 0.25) is 0 Å². The molecule has 0 N–H and O–H groups in total. The van der Waals surface area contributed by atoms with Gasteiger partial charge in [0.1, 0.15) is 6.29 Å². The number of hydrogen-bond acceptors (Lipinski definition) is 3. The maximum atomic E-state index is 2.67. The van der Waals surface area contributed by atoms with Gasteiger partial charge in [-0.1, -0.05) is 91.8 Å². The van der Waals surface area contributed by atoms with Crippen molar-refractivity contribution in [3.05, 3.63) is 58.7 Å². The Labute approximate surface area is 217 Å². The van der Waals surface area contributed by atoms with Crippen molar-refractivity contribution in [2.45, 2.75) is 125 Å². The topological polar surface area (TPSA) is 9.72 Å². The van der Waals surface area contributed by atoms with Crippen LogP contribution >= 0.6 is 0 Å². The zero-order valence-electron chi connectivity index (χ0n) is 24.4. The van der Waals surface area contributed by atoms with Gasteiger partial charge in [0, 0.05) is 23.5 Å². The summed E-state index contributed by atoms with van der Waals surface area (Å²) < 4.78 is 0. The number of para-hydroxylation sites is 2. The molecule has 1 fully saturated rings. The van der Waals surface area contributed by atoms with Gasteiger partial charge in [-0.2, -0.15) is 0 Å². The van der Waals surface area contributed by atoms with Crippen LogP contribution in [0.15, 0.2) is 36.4 Å². The third kappa shape index (κ3) is 5.28. The summed E-state index contributed by atoms with van der Waals surface area (Å²) in [7, 11) is 2.39. The molecule has 0 aromatic heterocycles. The van der Waals surface area contributed by atoms with E-state index >= 15 is 0 Å². The van der Waals surface area contributed by atoms with Crippen molar-refractivity contribution in [1.82, 2.24) is 4.90 Å². The van der Waals surface area contributed by atoms with Gasteiger partial charge in [-0.25, -0.2) is 0 Å². The summed E-state index contributed by atoms with van der Waals surface area (Å²) in [6.45, 7) is 27.9. The summed E-state index contributed by atoms with van der Waals surface area (Å²) in [5, 5.41) is 0. The quantitative estimate of drug-likeness (QED) is 0.338. The number of nitrogens with zero attached hydrogens (tertiary/aromatic N) is 3. The fourth-order valence-corrected chi connectivity index (χ4v) is 5.70. The van der Waals surface area contributed by atoms with E-state index in [1.54, 1.807) is 0 Å². The Morgan fingerprint density at radius 2 is 0.829 bits per heavy atom. The van der Waals surface area contributed by atoms with Crippen molar-refractivity contribution in [2.24, 2.45) is 0 Å². The van der Waals surface area contributed by atoms with Crippen molar-refractivity contribution >= 4 is 18.9 Å². The first-order valence-electron chi connectivity index (χ1n) is 13.8. The molecule has 0 bridgehead atoms. The highest BCUT2D eigenvalue weighted by Crippen LogP contribution is 2.45. The van der Waals surface area contributed by atoms with Crippen molar-refractivity contribution in [1.29, 1.82) is 0 Å². The minimum absolute atomic E-state index is 0.143. The zero-order chi connectivity index (χ0) is 26.2. The fourth-order valence-electron chi connectivity index (χ4n) is 5.70. The van der Waals surface area contributed by atoms with Crippen molar-refractivity contribution in [3.8, 4) is 0 Å². The Balaban J connectivity index is 2.26. The van der Waals surface area contributed by atoms with Crippen LogP contribution in [-0.2, 0) is 0 Å². The van der Waals surface area contributed by atoms with Gasteiger partial charge in [0.05, 0.1) is 0 Å². The lowest BCUT2D eigenvalue weighted by Crippen LogP contribution is -2.76. The van der Waals surface area contributed by atoms with E-state index in [0.29, 0.717) is 35.8 Å². The van der Waals surface area contributed by atoms with Crippen LogP contribution in [0.4, 0.5) is 11.4 Å². The second-order valence-electron chi connectivity index (χ2n) is 12.1. The number of rotatable bonds is 9. The Kier molecular flexibility index (Phi) is 8.68. The van der Waals surface area contributed by atoms with Crippen LogP contribution in [-0.4, -0.2) is 30.8 Å². The van der Waals surface area contributed by atoms with E-state index in [0.717, 1.165) is 0 Å². The lowest BCUT2D eigenvalue weighted by atomic mass is 9.81. The Hall–Kier alpha value is -1.94. The Morgan fingerprint density at radius 1 is 0.543 bits per heavy atom. The molecule has 35 heavy (non-hydrogen) atoms. The van der Waals surface area contributed by atoms with E-state index in [9.17, 15) is 0 Å². The molecular weight excluding hydrogens is 425 g/mol. The van der Waals surface area contributed by atoms with Gasteiger partial charge in [-0.3, -0.25) is 4.90 Å². The van der Waals surface area contributed by atoms with Crippen LogP contribution in [0.25, 0.3) is 0 Å². The SMILES string of the molecule is CC(C)c1cccc(C(C)C)c1N1[B]N(c2c(C(C)C)cccc2C(C)C)C1N(C(C)C)C(C)C. The first kappa shape index (κ1) is 27.6. The van der Waals surface area contributed by atoms with Gasteiger partial charge in [0.2, 0.25) is 0 Å². The van der Waals surface area contributed by atoms with E-state index in [1.165, 1.54) is 33.6 Å². The summed E-state index contributed by atoms with van der Waals surface area (Å²) in [5.41, 5.74) is 8.55. The molecule has 0 saturated carbocycles. The zero-order valence-corrected chi connectivity index (χ0v) is 24.4. The molecule has 4 heteroatoms. The standard InChI is InChI=1S/C31H49BN3/c1-19(2)25-15-13-16-26(20(3)4)29(25)34-31(33(23(9)10)24(11)12)35(32-34)30-27(21(5)6)17-14-18-28(30)22(7)8/h13-24,31H,1-12H3. The summed E-state index contributed by atoms with van der Waals surface area (Å²) in [4.78, 5) is 7.82. The molecule has 3 nitrogen and oxygen atoms in total. The van der Waals surface area contributed by atoms with Gasteiger partial charge in [0.25, 0.3) is 0 Å². The molecule has 1 aliphatic heterocycles. The normalized spacial score (nSPS) is 14.9. The van der Waals surface area contributed by atoms with E-state index < -0.39 is 0 Å². The highest BCUT2D eigenvalue weighted by Gasteiger charge is 2.47. The molecule has 1 saturated heterocycles. The highest BCUT2D eigenvalue weighted by molar-refractivity contribution is 6.52. The first-order chi connectivity index (χ1) is 16.4. The first-order valence-corrected chi connectivity index (χ1v) is 13.8. The van der Waals surface area contributed by atoms with Crippen molar-refractivity contribution in [2.75, 3.05) is 9.62 Å². The largest absolute Gasteiger partial charge is 0.396 e. The van der Waals surface area contributed by atoms with E-state index in [2.05, 4.69) is 142 Å². The molecule has 0 atom stereocenters. The van der Waals surface area contributed by atoms with E-state index in [4.69, 9.17) is 0 Å². The van der Waals surface area contributed by atoms with Crippen molar-refractivity contribution in [3.63, 3.8) is 0 Å². The minimum atomic E-state index is 0.143. The molecule has 0 unspecified atom stereocenters. The van der Waals surface area contributed by atoms with Crippen LogP contribution < -0.4 is 9.62 Å². The lowest BCUT2D eigenvalue weighted by molar-refractivity contribution is 0.113. The van der Waals surface area contributed by atoms with Crippen molar-refractivity contribution < 1.29 is 0 Å². The summed E-state index contributed by atoms with van der Waals surface area (Å²) in [5.74, 6) is 1.86. The third-order valence-electron chi connectivity index (χ3n) is 7.41. The second-order valence-corrected chi connectivity index (χ2v) is 12.1. The molecule has 1 heterocycles. The molecule has 1 aliphatic rings. The average Bonchev–Trinajstić information content (AvgIpc) is 2.75. The summed E-state index contributed by atoms with van der Waals surface area (Å²) in [6.07, 6.45) is 0.143. The monoisotopic (exact) mass is 474 g/mol. The second kappa shape index (κ2) is 11.0. The highest BCUT2D eigenvalue weighted by atomic mass is 15.6. The molecule has 3 rings (SSSR count). The number of benzene rings is 2. The molecule has 0 spiro atoms. The van der Waals surface area contributed by atoms with Crippen LogP contribution in [0.3, 0.4) is 0 Å². The smallest absolute Gasteiger partial charge is 0.367 e. The fraction of sp³-hybridized carbons (Fsp3) is 0.613. The number of anilines is 2. The predicted octanol–water partition coefficient (Wildman–Crippen LogP) is 8.44. The molecule has 0 amide bonds. The number of hydrogen-bond donors (Lipinski definition) is 0. The lowest BCUT2D eigenvalue weighted by Gasteiger charge is -2.60. The maximum absolute atomic E-state index is 2.67. The predicted molar refractivity (Wildman–Crippen MR) is 156 cm³/mol. The summed E-state index contributed by atoms with van der Waals surface area (Å²) >= 11 is 0. The Morgan fingerprint density at radius 3 is 1.06 bits per heavy atom. The van der Waals surface area contributed by atoms with Crippen LogP contribution in [0.1, 0.15) is 129 Å². The molecule has 2 aromatic rings. The van der Waals surface area contributed by atoms with Crippen LogP contribution in [0, 0.1) is 0 Å². The van der Waals surface area contributed by atoms with Gasteiger partial charge < -0.3 is 9.62 Å². The minimum Gasteiger partial charge on any atom is -0.367 e. The van der Waals surface area contributed by atoms with Crippen LogP contribution in [0.5, 0.6) is 0 Å². The molecular formula is C31H49BN3. The molecule has 2 aromatic carbocycles. The maximum Gasteiger partial charge on any atom is 0.396 e. The average molecular weight is 475 g/mol. The molecule has 0 aliphatic carbocycles. The van der Waals surface area contributed by atoms with Gasteiger partial charge in [0.15, 0.2) is 0 Å². The van der Waals surface area contributed by atoms with Gasteiger partial charge in [-0.05, 0) is 73.6 Å².